The fraction of sp³-hybridized carbons (Fsp3) is 0.120. The maximum absolute atomic E-state index is 12.2. The number of benzene rings is 3. The Morgan fingerprint density at radius 3 is 2.29 bits per heavy atom. The highest BCUT2D eigenvalue weighted by atomic mass is 35.5. The summed E-state index contributed by atoms with van der Waals surface area (Å²) in [5, 5.41) is 13.3. The van der Waals surface area contributed by atoms with Crippen molar-refractivity contribution in [2.75, 3.05) is 5.75 Å². The summed E-state index contributed by atoms with van der Waals surface area (Å²) >= 11 is 10.6. The Balaban J connectivity index is 1.24. The molecule has 0 bridgehead atoms. The standard InChI is InChI=1S/C25H21ClN4OS3/c1-17(18-11-13-20(14-12-18)19-7-3-2-4-8-19)27-28-23(31)16-33-25-30-29-24(34-25)32-15-21-9-5-6-10-22(21)26/h2-14H,15-16H2,1H3,(H,28,31)/b27-17+. The topological polar surface area (TPSA) is 67.2 Å². The zero-order valence-electron chi connectivity index (χ0n) is 18.3. The first kappa shape index (κ1) is 24.5. The Morgan fingerprint density at radius 2 is 1.56 bits per heavy atom. The van der Waals surface area contributed by atoms with Crippen LogP contribution in [-0.2, 0) is 10.5 Å². The third kappa shape index (κ3) is 6.93. The predicted octanol–water partition coefficient (Wildman–Crippen LogP) is 6.78. The summed E-state index contributed by atoms with van der Waals surface area (Å²) in [7, 11) is 0. The molecule has 4 aromatic rings. The molecule has 3 aromatic carbocycles. The lowest BCUT2D eigenvalue weighted by Crippen LogP contribution is -2.21. The van der Waals surface area contributed by atoms with Crippen molar-refractivity contribution in [3.05, 3.63) is 95.0 Å². The molecule has 0 spiro atoms. The molecule has 9 heteroatoms. The molecule has 0 unspecified atom stereocenters. The van der Waals surface area contributed by atoms with Gasteiger partial charge in [0.25, 0.3) is 5.91 Å². The Morgan fingerprint density at radius 1 is 0.912 bits per heavy atom. The number of thioether (sulfide) groups is 2. The number of rotatable bonds is 9. The smallest absolute Gasteiger partial charge is 0.250 e. The van der Waals surface area contributed by atoms with Gasteiger partial charge in [-0.15, -0.1) is 10.2 Å². The molecular formula is C25H21ClN4OS3. The normalized spacial score (nSPS) is 11.4. The number of hydrogen-bond donors (Lipinski definition) is 1. The van der Waals surface area contributed by atoms with E-state index in [4.69, 9.17) is 11.6 Å². The average Bonchev–Trinajstić information content (AvgIpc) is 3.34. The monoisotopic (exact) mass is 524 g/mol. The molecule has 1 N–H and O–H groups in total. The first-order valence-corrected chi connectivity index (χ1v) is 13.6. The number of carbonyl (C=O) groups is 1. The van der Waals surface area contributed by atoms with Crippen molar-refractivity contribution in [3.63, 3.8) is 0 Å². The van der Waals surface area contributed by atoms with Gasteiger partial charge in [-0.25, -0.2) is 5.43 Å². The minimum absolute atomic E-state index is 0.189. The molecule has 4 rings (SSSR count). The largest absolute Gasteiger partial charge is 0.272 e. The van der Waals surface area contributed by atoms with E-state index in [1.165, 1.54) is 23.1 Å². The van der Waals surface area contributed by atoms with Gasteiger partial charge in [0.15, 0.2) is 8.68 Å². The Bertz CT molecular complexity index is 1280. The highest BCUT2D eigenvalue weighted by Gasteiger charge is 2.10. The van der Waals surface area contributed by atoms with Gasteiger partial charge in [-0.1, -0.05) is 119 Å². The maximum Gasteiger partial charge on any atom is 0.250 e. The fourth-order valence-electron chi connectivity index (χ4n) is 2.97. The van der Waals surface area contributed by atoms with Crippen molar-refractivity contribution in [2.45, 2.75) is 21.4 Å². The molecule has 0 fully saturated rings. The lowest BCUT2D eigenvalue weighted by molar-refractivity contribution is -0.118. The molecule has 0 saturated heterocycles. The molecule has 0 atom stereocenters. The second-order valence-corrected chi connectivity index (χ2v) is 11.0. The number of aromatic nitrogens is 2. The van der Waals surface area contributed by atoms with E-state index in [9.17, 15) is 4.79 Å². The van der Waals surface area contributed by atoms with E-state index in [0.717, 1.165) is 47.4 Å². The number of halogens is 1. The van der Waals surface area contributed by atoms with E-state index in [-0.39, 0.29) is 11.7 Å². The SMILES string of the molecule is C/C(=N\NC(=O)CSc1nnc(SCc2ccccc2Cl)s1)c1ccc(-c2ccccc2)cc1. The van der Waals surface area contributed by atoms with Gasteiger partial charge in [0, 0.05) is 10.8 Å². The van der Waals surface area contributed by atoms with Gasteiger partial charge in [-0.3, -0.25) is 4.79 Å². The quantitative estimate of drug-likeness (QED) is 0.148. The van der Waals surface area contributed by atoms with Gasteiger partial charge in [-0.05, 0) is 35.2 Å². The van der Waals surface area contributed by atoms with Crippen molar-refractivity contribution in [1.82, 2.24) is 15.6 Å². The summed E-state index contributed by atoms with van der Waals surface area (Å²) < 4.78 is 1.59. The fourth-order valence-corrected chi connectivity index (χ4v) is 6.07. The molecule has 0 aliphatic heterocycles. The Hall–Kier alpha value is -2.65. The van der Waals surface area contributed by atoms with Gasteiger partial charge in [0.05, 0.1) is 11.5 Å². The number of hydrogen-bond acceptors (Lipinski definition) is 7. The molecule has 1 amide bonds. The van der Waals surface area contributed by atoms with Crippen LogP contribution in [-0.4, -0.2) is 27.6 Å². The van der Waals surface area contributed by atoms with Crippen molar-refractivity contribution >= 4 is 58.1 Å². The van der Waals surface area contributed by atoms with Gasteiger partial charge in [0.1, 0.15) is 0 Å². The highest BCUT2D eigenvalue weighted by Crippen LogP contribution is 2.32. The van der Waals surface area contributed by atoms with Crippen LogP contribution in [0.15, 0.2) is 92.6 Å². The zero-order valence-corrected chi connectivity index (χ0v) is 21.5. The van der Waals surface area contributed by atoms with E-state index in [1.54, 1.807) is 11.8 Å². The molecule has 1 heterocycles. The Kier molecular flexibility index (Phi) is 8.76. The molecule has 172 valence electrons. The van der Waals surface area contributed by atoms with Crippen LogP contribution in [0.5, 0.6) is 0 Å². The second-order valence-electron chi connectivity index (χ2n) is 7.18. The molecule has 0 saturated carbocycles. The van der Waals surface area contributed by atoms with Crippen LogP contribution in [0, 0.1) is 0 Å². The lowest BCUT2D eigenvalue weighted by Gasteiger charge is -2.05. The molecule has 0 radical (unpaired) electrons. The zero-order chi connectivity index (χ0) is 23.8. The van der Waals surface area contributed by atoms with Gasteiger partial charge >= 0.3 is 0 Å². The average molecular weight is 525 g/mol. The van der Waals surface area contributed by atoms with Crippen molar-refractivity contribution in [3.8, 4) is 11.1 Å². The molecule has 0 aliphatic carbocycles. The predicted molar refractivity (Wildman–Crippen MR) is 144 cm³/mol. The molecule has 1 aromatic heterocycles. The minimum atomic E-state index is -0.189. The maximum atomic E-state index is 12.2. The molecule has 34 heavy (non-hydrogen) atoms. The van der Waals surface area contributed by atoms with Crippen LogP contribution >= 0.6 is 46.5 Å². The summed E-state index contributed by atoms with van der Waals surface area (Å²) in [4.78, 5) is 12.2. The molecular weight excluding hydrogens is 504 g/mol. The minimum Gasteiger partial charge on any atom is -0.272 e. The number of hydrazone groups is 1. The van der Waals surface area contributed by atoms with Crippen LogP contribution < -0.4 is 5.43 Å². The summed E-state index contributed by atoms with van der Waals surface area (Å²) in [5.41, 5.74) is 7.68. The lowest BCUT2D eigenvalue weighted by atomic mass is 10.0. The first-order chi connectivity index (χ1) is 16.6. The first-order valence-electron chi connectivity index (χ1n) is 10.4. The van der Waals surface area contributed by atoms with Crippen molar-refractivity contribution in [1.29, 1.82) is 0 Å². The summed E-state index contributed by atoms with van der Waals surface area (Å²) in [6.07, 6.45) is 0. The highest BCUT2D eigenvalue weighted by molar-refractivity contribution is 8.03. The third-order valence-corrected chi connectivity index (χ3v) is 8.39. The van der Waals surface area contributed by atoms with E-state index in [1.807, 2.05) is 61.5 Å². The van der Waals surface area contributed by atoms with Crippen LogP contribution in [0.1, 0.15) is 18.1 Å². The van der Waals surface area contributed by atoms with Crippen LogP contribution in [0.3, 0.4) is 0 Å². The summed E-state index contributed by atoms with van der Waals surface area (Å²) in [6, 6.07) is 26.1. The van der Waals surface area contributed by atoms with E-state index in [0.29, 0.717) is 0 Å². The van der Waals surface area contributed by atoms with Gasteiger partial charge in [-0.2, -0.15) is 5.10 Å². The van der Waals surface area contributed by atoms with E-state index >= 15 is 0 Å². The number of nitrogens with one attached hydrogen (secondary N) is 1. The number of amides is 1. The third-order valence-electron chi connectivity index (χ3n) is 4.78. The van der Waals surface area contributed by atoms with Crippen LogP contribution in [0.2, 0.25) is 5.02 Å². The van der Waals surface area contributed by atoms with Crippen LogP contribution in [0.4, 0.5) is 0 Å². The Labute approximate surface area is 216 Å². The number of nitrogens with zero attached hydrogens (tertiary/aromatic N) is 3. The van der Waals surface area contributed by atoms with Gasteiger partial charge < -0.3 is 0 Å². The number of carbonyl (C=O) groups excluding carboxylic acids is 1. The summed E-state index contributed by atoms with van der Waals surface area (Å²) in [5.74, 6) is 0.749. The van der Waals surface area contributed by atoms with Crippen molar-refractivity contribution < 1.29 is 4.79 Å². The van der Waals surface area contributed by atoms with Gasteiger partial charge in [0.2, 0.25) is 0 Å². The summed E-state index contributed by atoms with van der Waals surface area (Å²) in [6.45, 7) is 1.87. The van der Waals surface area contributed by atoms with Crippen LogP contribution in [0.25, 0.3) is 11.1 Å². The van der Waals surface area contributed by atoms with E-state index in [2.05, 4.69) is 45.0 Å². The molecule has 0 aliphatic rings. The second kappa shape index (κ2) is 12.2. The van der Waals surface area contributed by atoms with Crippen molar-refractivity contribution in [2.24, 2.45) is 5.10 Å². The molecule has 5 nitrogen and oxygen atoms in total. The van der Waals surface area contributed by atoms with E-state index < -0.39 is 0 Å².